The number of phenolic OH excluding ortho intramolecular Hbond substituents is 1. The molecule has 0 saturated carbocycles. The number of carboxylic acids is 1. The van der Waals surface area contributed by atoms with E-state index in [1.165, 1.54) is 12.3 Å². The van der Waals surface area contributed by atoms with Gasteiger partial charge in [0.15, 0.2) is 27.5 Å². The van der Waals surface area contributed by atoms with Crippen LogP contribution in [0.5, 0.6) is 40.2 Å². The molecule has 29 nitrogen and oxygen atoms in total. The number of nitrogen functional groups attached to an aromatic ring is 1. The zero-order chi connectivity index (χ0) is 104. The second kappa shape index (κ2) is 65.7. The molecule has 1 amide bonds. The number of benzene rings is 12. The van der Waals surface area contributed by atoms with Crippen LogP contribution in [-0.2, 0) is 35.3 Å². The van der Waals surface area contributed by atoms with E-state index in [9.17, 15) is 37.5 Å². The van der Waals surface area contributed by atoms with Gasteiger partial charge in [0.25, 0.3) is 0 Å². The van der Waals surface area contributed by atoms with E-state index in [1.54, 1.807) is 185 Å². The fourth-order valence-corrected chi connectivity index (χ4v) is 12.5. The van der Waals surface area contributed by atoms with Crippen LogP contribution >= 0.6 is 39.9 Å². The third-order valence-corrected chi connectivity index (χ3v) is 20.1. The Bertz CT molecular complexity index is 6760. The standard InChI is InChI=1S/C22H23FN2O4.C17H15FN2O2.C14H11NO2.C13H9NO2.C10H16BrFO2.C8H8ClNO2.C8H9NO2.C8H8O2.C7H7NO2.CH3.B2H3.ClH.W/c1-22(2,3)28-21(26)24-13-15(12-23)14-27-17-10-8-16(9-11-17)20-18-6-4-5-7-19(18)29-25-20;18-9-12(10-19)11-21-14-7-5-13(6-8-14)17-15-3-1-2-4-16(15)22-20-17;1-16-11-8-6-10(7-9-11)14-12-4-2-3-5-13(12)17-15-14;15-10-7-5-9(6-8-10)13-11-3-1-2-4-12(11)16-14-13;1-10(2,3)14-9(13)5-4-8(6-11)7-12;1-12-7-4-2-6(3-5-7)8(9)10-11;1-11-8-4-2-7(3-5-8)6-9-10;1-10-8-4-2-7(6-9)3-5-8;8-6-4-2-1-3-5(6)7(9)10;;1-2;;/h4-12H,13-14H2,1-3H3,(H,24,26);1-9H,10-11,19H2;2-9H,1H3;1-8,15H;7H,4-6H2,1-3H3;2-5,11H,1H3;2-6,10H,1H3;2-6H,1H3;1-4H,8H2,(H,9,10);1H3;1H3;1H;/q;;;;;;;;;2*-1;;/b15-12+;12-9+;;;8-7+;;;;;;;;. The van der Waals surface area contributed by atoms with E-state index in [4.69, 9.17) is 102 Å². The smallest absolute Gasteiger partial charge is 0.407 e. The van der Waals surface area contributed by atoms with Gasteiger partial charge < -0.3 is 101 Å². The number of aromatic carboxylic acids is 1. The maximum absolute atomic E-state index is 13.1. The fourth-order valence-electron chi connectivity index (χ4n) is 12.0. The number of phenols is 1. The molecule has 0 bridgehead atoms. The van der Waals surface area contributed by atoms with Crippen LogP contribution in [0.1, 0.15) is 86.2 Å². The van der Waals surface area contributed by atoms with Crippen molar-refractivity contribution in [3.63, 3.8) is 0 Å². The number of aromatic hydroxyl groups is 1. The van der Waals surface area contributed by atoms with Crippen LogP contribution in [0, 0.1) is 7.43 Å². The van der Waals surface area contributed by atoms with Crippen molar-refractivity contribution in [1.82, 2.24) is 25.9 Å². The molecule has 0 spiro atoms. The van der Waals surface area contributed by atoms with Crippen LogP contribution in [0.4, 0.5) is 23.7 Å². The number of nitrogens with two attached hydrogens (primary N) is 2. The average molecular weight is 2270 g/mol. The fraction of sp³-hybridized carbons (Fsp3) is 0.176. The summed E-state index contributed by atoms with van der Waals surface area (Å²) in [7, 11) is 11.4. The van der Waals surface area contributed by atoms with Gasteiger partial charge in [0.05, 0.1) is 59.2 Å². The Morgan fingerprint density at radius 3 is 1.12 bits per heavy atom. The number of hydrogen-bond donors (Lipinski definition) is 7. The number of carboxylic acid groups (broad SMARTS) is 1. The summed E-state index contributed by atoms with van der Waals surface area (Å²) < 4.78 is 99.9. The number of oxime groups is 2. The SMILES string of the molecule is CC(C)(C)OC(=O)CC/C(=C\F)CBr.CC(C)(C)OC(=O)NC/C(=C\F)COc1ccc(-c2noc3ccccc23)cc1.COc1ccc(-c2noc3ccccc23)cc1.COc1ccc(C(Cl)=NO)cc1.COc1ccc(C=NO)cc1.COc1ccc(C=O)cc1.Cl.NC/C(=C\F)COc1ccc(-c2noc3ccccc23)cc1.Nc1ccccc1C(=O)O.Oc1ccc(-c2noc3ccccc23)cc1.[B][BH3-].[CH3-].[W]. The number of alkyl halides is 1. The third kappa shape index (κ3) is 41.5. The third-order valence-electron chi connectivity index (χ3n) is 19.1. The number of nitrogens with zero attached hydrogens (tertiary/aromatic N) is 6. The van der Waals surface area contributed by atoms with Crippen LogP contribution in [0.25, 0.3) is 88.9 Å². The Hall–Kier alpha value is -15.4. The first-order chi connectivity index (χ1) is 69.0. The summed E-state index contributed by atoms with van der Waals surface area (Å²) in [5.41, 5.74) is 23.5. The topological polar surface area (TPSA) is 416 Å². The summed E-state index contributed by atoms with van der Waals surface area (Å²) in [5.74, 6) is 3.31. The van der Waals surface area contributed by atoms with Crippen molar-refractivity contribution in [1.29, 1.82) is 0 Å². The van der Waals surface area contributed by atoms with Crippen molar-refractivity contribution in [2.24, 2.45) is 16.0 Å². The molecule has 12 aromatic carbocycles. The zero-order valence-corrected chi connectivity index (χ0v) is 87.1. The molecular weight excluding hydrogens is 2160 g/mol. The molecule has 2 radical (unpaired) electrons. The van der Waals surface area contributed by atoms with Crippen LogP contribution < -0.4 is 45.2 Å². The Kier molecular flexibility index (Phi) is 55.3. The van der Waals surface area contributed by atoms with Crippen LogP contribution in [0.3, 0.4) is 0 Å². The Balaban J connectivity index is 0.000000348. The van der Waals surface area contributed by atoms with E-state index >= 15 is 0 Å². The van der Waals surface area contributed by atoms with Gasteiger partial charge in [-0.2, -0.15) is 7.74 Å². The number of ether oxygens (including phenoxy) is 8. The molecule has 0 aliphatic carbocycles. The van der Waals surface area contributed by atoms with Crippen LogP contribution in [0.15, 0.2) is 355 Å². The number of nitrogens with one attached hydrogen (secondary N) is 1. The summed E-state index contributed by atoms with van der Waals surface area (Å²) >= 11 is 8.67. The maximum Gasteiger partial charge on any atom is 0.407 e. The normalized spacial score (nSPS) is 10.8. The zero-order valence-electron chi connectivity index (χ0n) is 81.0. The molecule has 9 N–H and O–H groups in total. The van der Waals surface area contributed by atoms with Crippen molar-refractivity contribution in [3.05, 3.63) is 357 Å². The van der Waals surface area contributed by atoms with Gasteiger partial charge in [-0.05, 0) is 290 Å². The monoisotopic (exact) mass is 2270 g/mol. The molecule has 0 saturated heterocycles. The molecule has 766 valence electrons. The molecule has 0 atom stereocenters. The first kappa shape index (κ1) is 123. The molecule has 16 rings (SSSR count). The minimum atomic E-state index is -0.988. The van der Waals surface area contributed by atoms with Crippen LogP contribution in [-0.4, -0.2) is 164 Å². The second-order valence-corrected chi connectivity index (χ2v) is 32.4. The van der Waals surface area contributed by atoms with Crippen LogP contribution in [0.2, 0.25) is 0 Å². The number of esters is 1. The number of carbonyl (C=O) groups excluding carboxylic acids is 3. The summed E-state index contributed by atoms with van der Waals surface area (Å²) in [6.07, 6.45) is 3.61. The number of halogens is 6. The molecule has 0 fully saturated rings. The van der Waals surface area contributed by atoms with Gasteiger partial charge in [-0.15, -0.1) is 12.4 Å². The van der Waals surface area contributed by atoms with Gasteiger partial charge in [-0.1, -0.05) is 127 Å². The quantitative estimate of drug-likeness (QED) is 0.00321. The summed E-state index contributed by atoms with van der Waals surface area (Å²) in [6.45, 7) is 11.0. The Morgan fingerprint density at radius 1 is 0.479 bits per heavy atom. The minimum Gasteiger partial charge on any atom is -0.508 e. The molecule has 0 aliphatic rings. The molecule has 4 aromatic heterocycles. The summed E-state index contributed by atoms with van der Waals surface area (Å²) in [6, 6.07) is 87.6. The van der Waals surface area contributed by atoms with Gasteiger partial charge in [-0.25, -0.2) is 22.8 Å². The number of anilines is 1. The van der Waals surface area contributed by atoms with E-state index in [-0.39, 0.29) is 109 Å². The number of allylic oxidation sites excluding steroid dienone is 1. The average Bonchev–Trinajstić information content (AvgIpc) is 1.68. The molecule has 4 heterocycles. The largest absolute Gasteiger partial charge is 0.508 e. The van der Waals surface area contributed by atoms with E-state index in [0.29, 0.717) is 70.2 Å². The number of carbonyl (C=O) groups is 4. The molecular formula is C108H113B2BrCl2F3N9O20W-2. The van der Waals surface area contributed by atoms with E-state index in [0.717, 1.165) is 124 Å². The number of fused-ring (bicyclic) bond motifs is 4. The number of aromatic nitrogens is 4. The predicted octanol–water partition coefficient (Wildman–Crippen LogP) is 24.4. The molecule has 38 heteroatoms. The van der Waals surface area contributed by atoms with Gasteiger partial charge in [0.1, 0.15) is 93.7 Å². The number of para-hydroxylation sites is 5. The van der Waals surface area contributed by atoms with Crippen molar-refractivity contribution in [2.75, 3.05) is 65.8 Å². The molecule has 0 aliphatic heterocycles. The van der Waals surface area contributed by atoms with Crippen molar-refractivity contribution >= 4 is 141 Å². The maximum atomic E-state index is 13.1. The molecule has 0 unspecified atom stereocenters. The number of methoxy groups -OCH3 is 4. The van der Waals surface area contributed by atoms with Gasteiger partial charge >= 0.3 is 18.0 Å². The first-order valence-corrected chi connectivity index (χ1v) is 44.6. The minimum absolute atomic E-state index is 0. The number of aldehydes is 1. The number of rotatable bonds is 25. The van der Waals surface area contributed by atoms with E-state index < -0.39 is 23.3 Å². The molecule has 146 heavy (non-hydrogen) atoms. The predicted molar refractivity (Wildman–Crippen MR) is 572 cm³/mol. The number of hydrogen-bond acceptors (Lipinski definition) is 27. The summed E-state index contributed by atoms with van der Waals surface area (Å²) in [5, 5.41) is 63.3. The molecule has 16 aromatic rings. The van der Waals surface area contributed by atoms with E-state index in [1.807, 2.05) is 170 Å². The van der Waals surface area contributed by atoms with Gasteiger partial charge in [0, 0.05) is 118 Å². The van der Waals surface area contributed by atoms with E-state index in [2.05, 4.69) is 52.2 Å². The first-order valence-electron chi connectivity index (χ1n) is 43.1. The van der Waals surface area contributed by atoms with Gasteiger partial charge in [0.2, 0.25) is 0 Å². The van der Waals surface area contributed by atoms with Crippen molar-refractivity contribution in [3.8, 4) is 85.3 Å². The second-order valence-electron chi connectivity index (χ2n) is 31.5. The number of alkyl carbamates (subject to hydrolysis) is 1. The Labute approximate surface area is 879 Å². The van der Waals surface area contributed by atoms with Crippen molar-refractivity contribution < 1.29 is 130 Å². The van der Waals surface area contributed by atoms with Gasteiger partial charge in [-0.3, -0.25) is 9.59 Å². The van der Waals surface area contributed by atoms with Crippen molar-refractivity contribution in [2.45, 2.75) is 65.6 Å². The summed E-state index contributed by atoms with van der Waals surface area (Å²) in [4.78, 5) is 43.4. The Morgan fingerprint density at radius 2 is 0.808 bits per heavy atom. The number of amides is 1.